The second-order valence-electron chi connectivity index (χ2n) is 5.79. The van der Waals surface area contributed by atoms with E-state index in [2.05, 4.69) is 5.32 Å². The van der Waals surface area contributed by atoms with Gasteiger partial charge < -0.3 is 20.0 Å². The van der Waals surface area contributed by atoms with E-state index in [1.54, 1.807) is 0 Å². The molecule has 0 saturated carbocycles. The number of hydrogen-bond acceptors (Lipinski definition) is 3. The Labute approximate surface area is 127 Å². The number of nitrogens with one attached hydrogen (secondary N) is 1. The molecule has 2 saturated heterocycles. The number of urea groups is 1. The van der Waals surface area contributed by atoms with Crippen LogP contribution in [-0.2, 0) is 4.79 Å². The van der Waals surface area contributed by atoms with Gasteiger partial charge in [-0.05, 0) is 39.8 Å². The van der Waals surface area contributed by atoms with Crippen LogP contribution in [0.25, 0.3) is 0 Å². The number of carbonyl (C=O) groups excluding carboxylic acids is 2. The van der Waals surface area contributed by atoms with Gasteiger partial charge in [0, 0.05) is 45.2 Å². The predicted octanol–water partition coefficient (Wildman–Crippen LogP) is 0.592. The van der Waals surface area contributed by atoms with Crippen LogP contribution in [0, 0.1) is 5.92 Å². The average Bonchev–Trinajstić information content (AvgIpc) is 2.56. The molecule has 6 heteroatoms. The van der Waals surface area contributed by atoms with E-state index in [1.807, 2.05) is 28.5 Å². The highest BCUT2D eigenvalue weighted by atomic mass is 16.2. The molecule has 0 spiro atoms. The van der Waals surface area contributed by atoms with E-state index in [4.69, 9.17) is 0 Å². The zero-order valence-electron chi connectivity index (χ0n) is 13.3. The smallest absolute Gasteiger partial charge is 0.320 e. The average molecular weight is 296 g/mol. The van der Waals surface area contributed by atoms with Gasteiger partial charge in [-0.25, -0.2) is 4.79 Å². The molecule has 0 radical (unpaired) electrons. The first-order valence-corrected chi connectivity index (χ1v) is 8.20. The van der Waals surface area contributed by atoms with Gasteiger partial charge in [0.2, 0.25) is 5.91 Å². The zero-order chi connectivity index (χ0) is 15.2. The summed E-state index contributed by atoms with van der Waals surface area (Å²) in [5.41, 5.74) is 0. The normalized spacial score (nSPS) is 20.5. The molecule has 21 heavy (non-hydrogen) atoms. The van der Waals surface area contributed by atoms with Crippen LogP contribution >= 0.6 is 0 Å². The Morgan fingerprint density at radius 3 is 2.05 bits per heavy atom. The van der Waals surface area contributed by atoms with Crippen molar-refractivity contribution in [3.05, 3.63) is 0 Å². The van der Waals surface area contributed by atoms with Crippen LogP contribution in [0.5, 0.6) is 0 Å². The molecule has 0 aromatic heterocycles. The van der Waals surface area contributed by atoms with Gasteiger partial charge in [0.25, 0.3) is 0 Å². The van der Waals surface area contributed by atoms with Crippen molar-refractivity contribution in [2.45, 2.75) is 26.7 Å². The van der Waals surface area contributed by atoms with Crippen molar-refractivity contribution in [3.8, 4) is 0 Å². The van der Waals surface area contributed by atoms with Crippen LogP contribution in [0.3, 0.4) is 0 Å². The summed E-state index contributed by atoms with van der Waals surface area (Å²) in [6.45, 7) is 10.0. The molecule has 6 nitrogen and oxygen atoms in total. The quantitative estimate of drug-likeness (QED) is 0.829. The maximum absolute atomic E-state index is 12.5. The lowest BCUT2D eigenvalue weighted by Crippen LogP contribution is -2.55. The van der Waals surface area contributed by atoms with Crippen LogP contribution in [0.15, 0.2) is 0 Å². The van der Waals surface area contributed by atoms with Crippen molar-refractivity contribution >= 4 is 11.9 Å². The standard InChI is InChI=1S/C15H28N4O2/c1-3-17(4-2)15(21)19-11-9-18(10-12-19)14(20)13-5-7-16-8-6-13/h13,16H,3-12H2,1-2H3. The number of amides is 3. The van der Waals surface area contributed by atoms with Crippen molar-refractivity contribution in [3.63, 3.8) is 0 Å². The first-order valence-electron chi connectivity index (χ1n) is 8.20. The second kappa shape index (κ2) is 7.64. The summed E-state index contributed by atoms with van der Waals surface area (Å²) in [6.07, 6.45) is 1.88. The van der Waals surface area contributed by atoms with Crippen molar-refractivity contribution in [1.29, 1.82) is 0 Å². The molecule has 0 aromatic carbocycles. The minimum absolute atomic E-state index is 0.106. The van der Waals surface area contributed by atoms with E-state index in [9.17, 15) is 9.59 Å². The molecule has 2 aliphatic rings. The molecule has 0 atom stereocenters. The van der Waals surface area contributed by atoms with Crippen molar-refractivity contribution < 1.29 is 9.59 Å². The molecule has 0 aliphatic carbocycles. The SMILES string of the molecule is CCN(CC)C(=O)N1CCN(C(=O)C2CCNCC2)CC1. The van der Waals surface area contributed by atoms with Gasteiger partial charge in [0.15, 0.2) is 0 Å². The number of carbonyl (C=O) groups is 2. The third kappa shape index (κ3) is 3.87. The Kier molecular flexibility index (Phi) is 5.85. The van der Waals surface area contributed by atoms with Gasteiger partial charge in [0.05, 0.1) is 0 Å². The van der Waals surface area contributed by atoms with Crippen LogP contribution < -0.4 is 5.32 Å². The molecule has 2 aliphatic heterocycles. The minimum Gasteiger partial charge on any atom is -0.339 e. The molecule has 2 fully saturated rings. The first kappa shape index (κ1) is 16.1. The zero-order valence-corrected chi connectivity index (χ0v) is 13.3. The summed E-state index contributed by atoms with van der Waals surface area (Å²) in [7, 11) is 0. The fourth-order valence-corrected chi connectivity index (χ4v) is 3.14. The van der Waals surface area contributed by atoms with Gasteiger partial charge in [-0.3, -0.25) is 4.79 Å². The van der Waals surface area contributed by atoms with Gasteiger partial charge in [-0.15, -0.1) is 0 Å². The topological polar surface area (TPSA) is 55.9 Å². The van der Waals surface area contributed by atoms with Crippen LogP contribution in [-0.4, -0.2) is 79.0 Å². The molecule has 0 unspecified atom stereocenters. The number of hydrogen-bond donors (Lipinski definition) is 1. The number of piperazine rings is 1. The highest BCUT2D eigenvalue weighted by Crippen LogP contribution is 2.17. The Hall–Kier alpha value is -1.30. The Balaban J connectivity index is 1.82. The Morgan fingerprint density at radius 2 is 1.52 bits per heavy atom. The lowest BCUT2D eigenvalue weighted by Gasteiger charge is -2.38. The van der Waals surface area contributed by atoms with E-state index >= 15 is 0 Å². The summed E-state index contributed by atoms with van der Waals surface area (Å²) in [4.78, 5) is 30.4. The highest BCUT2D eigenvalue weighted by Gasteiger charge is 2.30. The van der Waals surface area contributed by atoms with Crippen molar-refractivity contribution in [2.75, 3.05) is 52.4 Å². The van der Waals surface area contributed by atoms with Crippen LogP contribution in [0.2, 0.25) is 0 Å². The van der Waals surface area contributed by atoms with Gasteiger partial charge in [-0.1, -0.05) is 0 Å². The lowest BCUT2D eigenvalue weighted by atomic mass is 9.96. The Morgan fingerprint density at radius 1 is 1.00 bits per heavy atom. The number of rotatable bonds is 3. The first-order chi connectivity index (χ1) is 10.2. The summed E-state index contributed by atoms with van der Waals surface area (Å²) in [5, 5.41) is 3.29. The van der Waals surface area contributed by atoms with Gasteiger partial charge in [-0.2, -0.15) is 0 Å². The third-order valence-corrected chi connectivity index (χ3v) is 4.58. The molecular formula is C15H28N4O2. The fourth-order valence-electron chi connectivity index (χ4n) is 3.14. The summed E-state index contributed by atoms with van der Waals surface area (Å²) in [5.74, 6) is 0.461. The van der Waals surface area contributed by atoms with E-state index in [-0.39, 0.29) is 17.9 Å². The predicted molar refractivity (Wildman–Crippen MR) is 82.1 cm³/mol. The third-order valence-electron chi connectivity index (χ3n) is 4.58. The molecule has 0 aromatic rings. The Bertz CT molecular complexity index is 357. The number of piperidine rings is 1. The summed E-state index contributed by atoms with van der Waals surface area (Å²) in [6, 6.07) is 0.106. The molecule has 0 bridgehead atoms. The summed E-state index contributed by atoms with van der Waals surface area (Å²) >= 11 is 0. The van der Waals surface area contributed by atoms with E-state index in [0.29, 0.717) is 26.2 Å². The molecule has 2 rings (SSSR count). The van der Waals surface area contributed by atoms with Gasteiger partial charge in [0.1, 0.15) is 0 Å². The maximum atomic E-state index is 12.5. The lowest BCUT2D eigenvalue weighted by molar-refractivity contribution is -0.137. The van der Waals surface area contributed by atoms with Crippen LogP contribution in [0.4, 0.5) is 4.79 Å². The van der Waals surface area contributed by atoms with E-state index in [0.717, 1.165) is 39.0 Å². The molecule has 120 valence electrons. The number of nitrogens with zero attached hydrogens (tertiary/aromatic N) is 3. The molecule has 1 N–H and O–H groups in total. The largest absolute Gasteiger partial charge is 0.339 e. The van der Waals surface area contributed by atoms with E-state index < -0.39 is 0 Å². The molecular weight excluding hydrogens is 268 g/mol. The van der Waals surface area contributed by atoms with Crippen molar-refractivity contribution in [1.82, 2.24) is 20.0 Å². The second-order valence-corrected chi connectivity index (χ2v) is 5.79. The maximum Gasteiger partial charge on any atom is 0.320 e. The highest BCUT2D eigenvalue weighted by molar-refractivity contribution is 5.80. The molecule has 2 heterocycles. The minimum atomic E-state index is 0.106. The van der Waals surface area contributed by atoms with Crippen LogP contribution in [0.1, 0.15) is 26.7 Å². The van der Waals surface area contributed by atoms with Gasteiger partial charge >= 0.3 is 6.03 Å². The molecule has 3 amide bonds. The fraction of sp³-hybridized carbons (Fsp3) is 0.867. The summed E-state index contributed by atoms with van der Waals surface area (Å²) < 4.78 is 0. The van der Waals surface area contributed by atoms with Crippen molar-refractivity contribution in [2.24, 2.45) is 5.92 Å². The monoisotopic (exact) mass is 296 g/mol. The van der Waals surface area contributed by atoms with E-state index in [1.165, 1.54) is 0 Å².